The molecule has 0 fully saturated rings. The van der Waals surface area contributed by atoms with Crippen molar-refractivity contribution < 1.29 is 4.79 Å². The normalized spacial score (nSPS) is 11.5. The second kappa shape index (κ2) is 5.64. The van der Waals surface area contributed by atoms with Gasteiger partial charge in [0.05, 0.1) is 4.24 Å². The molecule has 0 atom stereocenters. The van der Waals surface area contributed by atoms with E-state index in [1.54, 1.807) is 30.5 Å². The van der Waals surface area contributed by atoms with Gasteiger partial charge in [0, 0.05) is 5.56 Å². The molecule has 2 nitrogen and oxygen atoms in total. The van der Waals surface area contributed by atoms with Crippen molar-refractivity contribution in [3.8, 4) is 6.07 Å². The molecule has 0 unspecified atom stereocenters. The summed E-state index contributed by atoms with van der Waals surface area (Å²) in [6.07, 6.45) is 1.78. The lowest BCUT2D eigenvalue weighted by Gasteiger charge is -2.01. The summed E-state index contributed by atoms with van der Waals surface area (Å²) in [7, 11) is 0. The van der Waals surface area contributed by atoms with Crippen molar-refractivity contribution >= 4 is 30.2 Å². The molecule has 0 aliphatic heterocycles. The minimum Gasteiger partial charge on any atom is -0.288 e. The summed E-state index contributed by atoms with van der Waals surface area (Å²) in [5.74, 6) is -0.280. The molecule has 0 aromatic heterocycles. The molecular formula is C11H9NOS2. The number of nitrogens with zero attached hydrogens (tertiary/aromatic N) is 1. The summed E-state index contributed by atoms with van der Waals surface area (Å²) in [6, 6.07) is 10.6. The second-order valence-corrected chi connectivity index (χ2v) is 4.26. The first-order valence-electron chi connectivity index (χ1n) is 4.17. The Kier molecular flexibility index (Phi) is 4.47. The van der Waals surface area contributed by atoms with Crippen LogP contribution in [-0.2, 0) is 0 Å². The summed E-state index contributed by atoms with van der Waals surface area (Å²) in [5.41, 5.74) is 0.603. The zero-order valence-electron chi connectivity index (χ0n) is 8.10. The minimum absolute atomic E-state index is 0.0945. The van der Waals surface area contributed by atoms with Gasteiger partial charge in [-0.3, -0.25) is 4.79 Å². The second-order valence-electron chi connectivity index (χ2n) is 2.69. The van der Waals surface area contributed by atoms with Crippen molar-refractivity contribution in [2.24, 2.45) is 0 Å². The van der Waals surface area contributed by atoms with Crippen molar-refractivity contribution in [1.82, 2.24) is 0 Å². The maximum atomic E-state index is 11.8. The van der Waals surface area contributed by atoms with E-state index in [0.717, 1.165) is 0 Å². The highest BCUT2D eigenvalue weighted by Gasteiger charge is 2.14. The highest BCUT2D eigenvalue weighted by molar-refractivity contribution is 8.15. The Bertz CT molecular complexity index is 432. The van der Waals surface area contributed by atoms with Gasteiger partial charge in [-0.25, -0.2) is 0 Å². The van der Waals surface area contributed by atoms with Crippen LogP contribution in [0.1, 0.15) is 10.4 Å². The van der Waals surface area contributed by atoms with Crippen LogP contribution in [0.3, 0.4) is 0 Å². The lowest BCUT2D eigenvalue weighted by atomic mass is 10.1. The number of carbonyl (C=O) groups is 1. The van der Waals surface area contributed by atoms with E-state index in [2.05, 4.69) is 12.6 Å². The number of benzene rings is 1. The van der Waals surface area contributed by atoms with E-state index < -0.39 is 0 Å². The number of allylic oxidation sites excluding steroid dienone is 1. The predicted octanol–water partition coefficient (Wildman–Crippen LogP) is 2.90. The van der Waals surface area contributed by atoms with Crippen molar-refractivity contribution in [1.29, 1.82) is 5.26 Å². The van der Waals surface area contributed by atoms with Crippen LogP contribution >= 0.6 is 24.4 Å². The Morgan fingerprint density at radius 2 is 2.00 bits per heavy atom. The van der Waals surface area contributed by atoms with Crippen molar-refractivity contribution in [3.63, 3.8) is 0 Å². The minimum atomic E-state index is -0.280. The van der Waals surface area contributed by atoms with Crippen molar-refractivity contribution in [2.75, 3.05) is 6.26 Å². The molecule has 1 aromatic rings. The molecule has 4 heteroatoms. The molecule has 0 N–H and O–H groups in total. The van der Waals surface area contributed by atoms with Crippen LogP contribution in [0.4, 0.5) is 0 Å². The van der Waals surface area contributed by atoms with E-state index >= 15 is 0 Å². The van der Waals surface area contributed by atoms with Crippen molar-refractivity contribution in [3.05, 3.63) is 45.7 Å². The summed E-state index contributed by atoms with van der Waals surface area (Å²) in [5, 5.41) is 8.87. The van der Waals surface area contributed by atoms with Gasteiger partial charge >= 0.3 is 0 Å². The zero-order chi connectivity index (χ0) is 11.3. The van der Waals surface area contributed by atoms with Gasteiger partial charge in [0.2, 0.25) is 5.78 Å². The van der Waals surface area contributed by atoms with Crippen LogP contribution in [0.2, 0.25) is 0 Å². The van der Waals surface area contributed by atoms with E-state index in [-0.39, 0.29) is 11.4 Å². The van der Waals surface area contributed by atoms with Gasteiger partial charge in [-0.1, -0.05) is 30.3 Å². The van der Waals surface area contributed by atoms with E-state index in [1.807, 2.05) is 12.1 Å². The monoisotopic (exact) mass is 235 g/mol. The summed E-state index contributed by atoms with van der Waals surface area (Å²) in [6.45, 7) is 0. The Balaban J connectivity index is 3.11. The molecule has 0 saturated heterocycles. The standard InChI is InChI=1S/C11H9NOS2/c1-15-11(14)9(7-12)10(13)8-5-3-2-4-6-8/h2-6,14H,1H3/b11-9+. The third kappa shape index (κ3) is 2.88. The number of thiol groups is 1. The fourth-order valence-corrected chi connectivity index (χ4v) is 1.53. The molecule has 1 rings (SSSR count). The van der Waals surface area contributed by atoms with Gasteiger partial charge < -0.3 is 0 Å². The lowest BCUT2D eigenvalue weighted by molar-refractivity contribution is 0.103. The topological polar surface area (TPSA) is 40.9 Å². The van der Waals surface area contributed by atoms with Gasteiger partial charge in [-0.2, -0.15) is 5.26 Å². The first kappa shape index (κ1) is 11.9. The first-order chi connectivity index (χ1) is 7.20. The Morgan fingerprint density at radius 3 is 2.47 bits per heavy atom. The summed E-state index contributed by atoms with van der Waals surface area (Å²) < 4.78 is 0.450. The molecule has 0 amide bonds. The number of hydrogen-bond donors (Lipinski definition) is 1. The molecule has 0 radical (unpaired) electrons. The number of nitriles is 1. The first-order valence-corrected chi connectivity index (χ1v) is 5.85. The maximum Gasteiger partial charge on any atom is 0.205 e. The van der Waals surface area contributed by atoms with Crippen LogP contribution in [0.25, 0.3) is 0 Å². The van der Waals surface area contributed by atoms with Crippen LogP contribution in [0.15, 0.2) is 40.1 Å². The van der Waals surface area contributed by atoms with E-state index in [1.165, 1.54) is 11.8 Å². The van der Waals surface area contributed by atoms with Crippen LogP contribution in [0.5, 0.6) is 0 Å². The maximum absolute atomic E-state index is 11.8. The van der Waals surface area contributed by atoms with Gasteiger partial charge in [-0.05, 0) is 6.26 Å². The highest BCUT2D eigenvalue weighted by Crippen LogP contribution is 2.22. The molecule has 0 aliphatic carbocycles. The van der Waals surface area contributed by atoms with Gasteiger partial charge in [0.1, 0.15) is 11.6 Å². The van der Waals surface area contributed by atoms with Gasteiger partial charge in [-0.15, -0.1) is 24.4 Å². The smallest absolute Gasteiger partial charge is 0.205 e. The number of ketones is 1. The fraction of sp³-hybridized carbons (Fsp3) is 0.0909. The third-order valence-electron chi connectivity index (χ3n) is 1.78. The van der Waals surface area contributed by atoms with E-state index in [9.17, 15) is 4.79 Å². The average molecular weight is 235 g/mol. The Hall–Kier alpha value is -1.18. The van der Waals surface area contributed by atoms with Crippen molar-refractivity contribution in [2.45, 2.75) is 0 Å². The largest absolute Gasteiger partial charge is 0.288 e. The van der Waals surface area contributed by atoms with E-state index in [4.69, 9.17) is 5.26 Å². The number of carbonyl (C=O) groups excluding carboxylic acids is 1. The number of Topliss-reactive ketones (excluding diaryl/α,β-unsaturated/α-hetero) is 1. The summed E-state index contributed by atoms with van der Waals surface area (Å²) in [4.78, 5) is 11.8. The van der Waals surface area contributed by atoms with Crippen LogP contribution in [-0.4, -0.2) is 12.0 Å². The molecule has 15 heavy (non-hydrogen) atoms. The molecule has 1 aromatic carbocycles. The average Bonchev–Trinajstić information content (AvgIpc) is 2.30. The summed E-state index contributed by atoms with van der Waals surface area (Å²) >= 11 is 5.37. The quantitative estimate of drug-likeness (QED) is 0.379. The molecule has 76 valence electrons. The lowest BCUT2D eigenvalue weighted by Crippen LogP contribution is -2.02. The molecular weight excluding hydrogens is 226 g/mol. The SMILES string of the molecule is CS/C(S)=C(\C#N)C(=O)c1ccccc1. The molecule has 0 spiro atoms. The Morgan fingerprint density at radius 1 is 1.40 bits per heavy atom. The highest BCUT2D eigenvalue weighted by atomic mass is 32.2. The number of rotatable bonds is 3. The third-order valence-corrected chi connectivity index (χ3v) is 3.14. The molecule has 0 saturated carbocycles. The van der Waals surface area contributed by atoms with Crippen LogP contribution in [0, 0.1) is 11.3 Å². The zero-order valence-corrected chi connectivity index (χ0v) is 9.81. The molecule has 0 heterocycles. The number of thioether (sulfide) groups is 1. The predicted molar refractivity (Wildman–Crippen MR) is 65.9 cm³/mol. The number of hydrogen-bond acceptors (Lipinski definition) is 4. The molecule has 0 aliphatic rings. The van der Waals surface area contributed by atoms with E-state index in [0.29, 0.717) is 9.80 Å². The Labute approximate surface area is 98.4 Å². The van der Waals surface area contributed by atoms with Gasteiger partial charge in [0.25, 0.3) is 0 Å². The molecule has 0 bridgehead atoms. The fourth-order valence-electron chi connectivity index (χ4n) is 1.03. The van der Waals surface area contributed by atoms with Gasteiger partial charge in [0.15, 0.2) is 0 Å². The van der Waals surface area contributed by atoms with Crippen LogP contribution < -0.4 is 0 Å².